The van der Waals surface area contributed by atoms with Crippen LogP contribution in [0.4, 0.5) is 5.69 Å². The Morgan fingerprint density at radius 3 is 2.41 bits per heavy atom. The fourth-order valence-electron chi connectivity index (χ4n) is 1.33. The number of sulfone groups is 1. The lowest BCUT2D eigenvalue weighted by molar-refractivity contribution is 0.397. The summed E-state index contributed by atoms with van der Waals surface area (Å²) in [5.74, 6) is 0.0844. The van der Waals surface area contributed by atoms with Gasteiger partial charge in [0, 0.05) is 5.02 Å². The molecule has 17 heavy (non-hydrogen) atoms. The van der Waals surface area contributed by atoms with Gasteiger partial charge in [-0.3, -0.25) is 0 Å². The summed E-state index contributed by atoms with van der Waals surface area (Å²) in [6.07, 6.45) is 0.585. The van der Waals surface area contributed by atoms with Crippen LogP contribution in [-0.2, 0) is 9.84 Å². The van der Waals surface area contributed by atoms with Crippen molar-refractivity contribution in [3.05, 3.63) is 23.2 Å². The topological polar surface area (TPSA) is 60.2 Å². The fraction of sp³-hybridized carbons (Fsp3) is 0.500. The highest BCUT2D eigenvalue weighted by molar-refractivity contribution is 7.91. The molecule has 2 N–H and O–H groups in total. The standard InChI is InChI=1S/C12H18ClNO2S/c1-12(2,3)6-7-17(15,16)11-8-9(13)4-5-10(11)14/h4-5,8H,6-7,14H2,1-3H3. The summed E-state index contributed by atoms with van der Waals surface area (Å²) in [5, 5.41) is 0.383. The van der Waals surface area contributed by atoms with Gasteiger partial charge in [-0.15, -0.1) is 0 Å². The van der Waals surface area contributed by atoms with Gasteiger partial charge in [0.05, 0.1) is 16.3 Å². The minimum absolute atomic E-state index is 0.0274. The maximum atomic E-state index is 12.1. The van der Waals surface area contributed by atoms with Crippen LogP contribution in [0.3, 0.4) is 0 Å². The average molecular weight is 276 g/mol. The van der Waals surface area contributed by atoms with Crippen molar-refractivity contribution >= 4 is 27.1 Å². The summed E-state index contributed by atoms with van der Waals surface area (Å²) in [7, 11) is -3.36. The van der Waals surface area contributed by atoms with Crippen molar-refractivity contribution in [2.24, 2.45) is 5.41 Å². The molecule has 0 atom stereocenters. The molecule has 0 amide bonds. The minimum atomic E-state index is -3.36. The van der Waals surface area contributed by atoms with E-state index in [-0.39, 0.29) is 21.8 Å². The number of nitrogen functional groups attached to an aromatic ring is 1. The lowest BCUT2D eigenvalue weighted by Crippen LogP contribution is -2.16. The zero-order valence-corrected chi connectivity index (χ0v) is 11.9. The molecule has 0 bridgehead atoms. The molecular weight excluding hydrogens is 258 g/mol. The van der Waals surface area contributed by atoms with Crippen LogP contribution in [0.2, 0.25) is 5.02 Å². The highest BCUT2D eigenvalue weighted by atomic mass is 35.5. The number of hydrogen-bond donors (Lipinski definition) is 1. The van der Waals surface area contributed by atoms with Gasteiger partial charge in [0.2, 0.25) is 0 Å². The van der Waals surface area contributed by atoms with Crippen molar-refractivity contribution in [1.29, 1.82) is 0 Å². The van der Waals surface area contributed by atoms with Crippen LogP contribution in [0.5, 0.6) is 0 Å². The molecule has 3 nitrogen and oxygen atoms in total. The summed E-state index contributed by atoms with van der Waals surface area (Å²) in [4.78, 5) is 0.134. The Morgan fingerprint density at radius 1 is 1.29 bits per heavy atom. The van der Waals surface area contributed by atoms with E-state index in [1.807, 2.05) is 20.8 Å². The first-order valence-corrected chi connectivity index (χ1v) is 7.43. The smallest absolute Gasteiger partial charge is 0.180 e. The van der Waals surface area contributed by atoms with Gasteiger partial charge in [-0.1, -0.05) is 32.4 Å². The minimum Gasteiger partial charge on any atom is -0.398 e. The van der Waals surface area contributed by atoms with Gasteiger partial charge in [0.25, 0.3) is 0 Å². The fourth-order valence-corrected chi connectivity index (χ4v) is 3.40. The molecule has 0 spiro atoms. The van der Waals surface area contributed by atoms with E-state index in [0.29, 0.717) is 11.4 Å². The maximum Gasteiger partial charge on any atom is 0.180 e. The molecule has 0 aliphatic rings. The number of benzene rings is 1. The highest BCUT2D eigenvalue weighted by Gasteiger charge is 2.21. The van der Waals surface area contributed by atoms with Gasteiger partial charge in [0.15, 0.2) is 9.84 Å². The summed E-state index contributed by atoms with van der Waals surface area (Å²) in [6.45, 7) is 6.01. The Balaban J connectivity index is 3.02. The first kappa shape index (κ1) is 14.3. The van der Waals surface area contributed by atoms with Crippen LogP contribution >= 0.6 is 11.6 Å². The number of hydrogen-bond acceptors (Lipinski definition) is 3. The second-order valence-corrected chi connectivity index (χ2v) is 7.83. The van der Waals surface area contributed by atoms with E-state index in [1.54, 1.807) is 6.07 Å². The zero-order valence-electron chi connectivity index (χ0n) is 10.3. The van der Waals surface area contributed by atoms with Crippen molar-refractivity contribution in [3.8, 4) is 0 Å². The van der Waals surface area contributed by atoms with E-state index >= 15 is 0 Å². The van der Waals surface area contributed by atoms with E-state index in [2.05, 4.69) is 0 Å². The molecule has 0 saturated heterocycles. The quantitative estimate of drug-likeness (QED) is 0.862. The molecule has 0 radical (unpaired) electrons. The SMILES string of the molecule is CC(C)(C)CCS(=O)(=O)c1cc(Cl)ccc1N. The predicted molar refractivity (Wildman–Crippen MR) is 72.0 cm³/mol. The Morgan fingerprint density at radius 2 is 1.88 bits per heavy atom. The number of rotatable bonds is 3. The second kappa shape index (κ2) is 4.86. The highest BCUT2D eigenvalue weighted by Crippen LogP contribution is 2.27. The molecule has 5 heteroatoms. The third-order valence-corrected chi connectivity index (χ3v) is 4.43. The molecule has 1 aromatic rings. The van der Waals surface area contributed by atoms with Crippen molar-refractivity contribution in [3.63, 3.8) is 0 Å². The largest absolute Gasteiger partial charge is 0.398 e. The van der Waals surface area contributed by atoms with Gasteiger partial charge < -0.3 is 5.73 Å². The van der Waals surface area contributed by atoms with Gasteiger partial charge in [-0.05, 0) is 30.0 Å². The van der Waals surface area contributed by atoms with Gasteiger partial charge in [0.1, 0.15) is 0 Å². The summed E-state index contributed by atoms with van der Waals surface area (Å²) < 4.78 is 24.2. The van der Waals surface area contributed by atoms with Crippen molar-refractivity contribution in [2.75, 3.05) is 11.5 Å². The molecule has 1 aromatic carbocycles. The number of halogens is 1. The molecule has 0 fully saturated rings. The van der Waals surface area contributed by atoms with Gasteiger partial charge in [-0.2, -0.15) is 0 Å². The molecule has 96 valence electrons. The molecule has 0 unspecified atom stereocenters. The molecule has 0 aromatic heterocycles. The van der Waals surface area contributed by atoms with E-state index in [4.69, 9.17) is 17.3 Å². The van der Waals surface area contributed by atoms with E-state index < -0.39 is 9.84 Å². The van der Waals surface area contributed by atoms with Gasteiger partial charge >= 0.3 is 0 Å². The predicted octanol–water partition coefficient (Wildman–Crippen LogP) is 3.13. The second-order valence-electron chi connectivity index (χ2n) is 5.31. The van der Waals surface area contributed by atoms with Crippen LogP contribution in [0, 0.1) is 5.41 Å². The third-order valence-electron chi connectivity index (χ3n) is 2.43. The monoisotopic (exact) mass is 275 g/mol. The lowest BCUT2D eigenvalue weighted by atomic mass is 9.94. The normalized spacial score (nSPS) is 12.7. The van der Waals surface area contributed by atoms with Crippen LogP contribution < -0.4 is 5.73 Å². The average Bonchev–Trinajstić information content (AvgIpc) is 2.18. The first-order valence-electron chi connectivity index (χ1n) is 5.40. The first-order chi connectivity index (χ1) is 7.62. The summed E-state index contributed by atoms with van der Waals surface area (Å²) in [6, 6.07) is 4.51. The van der Waals surface area contributed by atoms with Gasteiger partial charge in [-0.25, -0.2) is 8.42 Å². The van der Waals surface area contributed by atoms with Crippen molar-refractivity contribution in [2.45, 2.75) is 32.1 Å². The molecule has 0 heterocycles. The molecular formula is C12H18ClNO2S. The van der Waals surface area contributed by atoms with E-state index in [0.717, 1.165) is 0 Å². The Bertz CT molecular complexity index is 504. The van der Waals surface area contributed by atoms with Crippen LogP contribution in [0.15, 0.2) is 23.1 Å². The van der Waals surface area contributed by atoms with Crippen molar-refractivity contribution < 1.29 is 8.42 Å². The zero-order chi connectivity index (χ0) is 13.3. The Hall–Kier alpha value is -0.740. The lowest BCUT2D eigenvalue weighted by Gasteiger charge is -2.18. The maximum absolute atomic E-state index is 12.1. The van der Waals surface area contributed by atoms with E-state index in [9.17, 15) is 8.42 Å². The Labute approximate surface area is 108 Å². The van der Waals surface area contributed by atoms with Crippen LogP contribution in [0.1, 0.15) is 27.2 Å². The molecule has 1 rings (SSSR count). The van der Waals surface area contributed by atoms with Crippen LogP contribution in [0.25, 0.3) is 0 Å². The number of nitrogens with two attached hydrogens (primary N) is 1. The van der Waals surface area contributed by atoms with Crippen molar-refractivity contribution in [1.82, 2.24) is 0 Å². The van der Waals surface area contributed by atoms with Crippen LogP contribution in [-0.4, -0.2) is 14.2 Å². The number of anilines is 1. The summed E-state index contributed by atoms with van der Waals surface area (Å²) >= 11 is 5.79. The summed E-state index contributed by atoms with van der Waals surface area (Å²) in [5.41, 5.74) is 5.90. The molecule has 0 aliphatic carbocycles. The third kappa shape index (κ3) is 4.21. The molecule has 0 aliphatic heterocycles. The Kier molecular flexibility index (Phi) is 4.10. The van der Waals surface area contributed by atoms with E-state index in [1.165, 1.54) is 12.1 Å². The molecule has 0 saturated carbocycles.